The maximum Gasteiger partial charge on any atom is 0.249 e. The molecule has 35 heavy (non-hydrogen) atoms. The van der Waals surface area contributed by atoms with Crippen molar-refractivity contribution in [3.8, 4) is 5.75 Å². The molecule has 0 saturated carbocycles. The Hall–Kier alpha value is -3.72. The molecule has 3 heterocycles. The van der Waals surface area contributed by atoms with Gasteiger partial charge in [-0.05, 0) is 57.0 Å². The van der Waals surface area contributed by atoms with Crippen LogP contribution < -0.4 is 25.8 Å². The number of nitrogens with zero attached hydrogens (tertiary/aromatic N) is 4. The summed E-state index contributed by atoms with van der Waals surface area (Å²) in [6.07, 6.45) is 7.35. The van der Waals surface area contributed by atoms with E-state index in [2.05, 4.69) is 43.2 Å². The van der Waals surface area contributed by atoms with Gasteiger partial charge in [0.25, 0.3) is 0 Å². The number of aryl methyl sites for hydroxylation is 1. The number of ether oxygens (including phenoxy) is 1. The van der Waals surface area contributed by atoms with Crippen molar-refractivity contribution in [1.82, 2.24) is 19.9 Å². The summed E-state index contributed by atoms with van der Waals surface area (Å²) >= 11 is 0. The van der Waals surface area contributed by atoms with E-state index in [0.29, 0.717) is 23.0 Å². The summed E-state index contributed by atoms with van der Waals surface area (Å²) in [4.78, 5) is 40.0. The highest BCUT2D eigenvalue weighted by Gasteiger charge is 2.26. The predicted octanol–water partition coefficient (Wildman–Crippen LogP) is 2.76. The van der Waals surface area contributed by atoms with Gasteiger partial charge in [0.2, 0.25) is 10.9 Å². The number of aromatic amines is 1. The summed E-state index contributed by atoms with van der Waals surface area (Å²) in [7, 11) is 1.65. The quantitative estimate of drug-likeness (QED) is 0.376. The molecule has 4 aromatic rings. The molecule has 0 radical (unpaired) electrons. The van der Waals surface area contributed by atoms with Crippen LogP contribution in [0.3, 0.4) is 0 Å². The zero-order chi connectivity index (χ0) is 24.5. The predicted molar refractivity (Wildman–Crippen MR) is 138 cm³/mol. The minimum absolute atomic E-state index is 0.327. The fraction of sp³-hybridized carbons (Fsp3) is 0.385. The van der Waals surface area contributed by atoms with Crippen molar-refractivity contribution in [2.24, 2.45) is 0 Å². The number of methoxy groups -OCH3 is 1. The van der Waals surface area contributed by atoms with E-state index in [1.807, 2.05) is 18.2 Å². The van der Waals surface area contributed by atoms with Crippen LogP contribution in [-0.4, -0.2) is 59.2 Å². The van der Waals surface area contributed by atoms with Gasteiger partial charge in [-0.3, -0.25) is 14.5 Å². The topological polar surface area (TPSA) is 103 Å². The van der Waals surface area contributed by atoms with Gasteiger partial charge in [0.05, 0.1) is 19.0 Å². The summed E-state index contributed by atoms with van der Waals surface area (Å²) in [6, 6.07) is 6.30. The zero-order valence-corrected chi connectivity index (χ0v) is 20.3. The molecule has 1 aliphatic rings. The standard InChI is InChI=1S/C26H30N6O3/c1-16-14-31(9-10-32(16)26-22(35-3)13-27-15-29-26)8-4-5-18-12-28-21-7-6-19(11-20(18)21)30-23-17(2)24(33)25(23)34/h6-7,11-13,15-16,28,30H,4-5,8-10,14H2,1-3H3. The van der Waals surface area contributed by atoms with Gasteiger partial charge in [0, 0.05) is 54.0 Å². The van der Waals surface area contributed by atoms with Gasteiger partial charge in [-0.15, -0.1) is 0 Å². The SMILES string of the molecule is COc1cncnc1N1CCN(CCCc2c[nH]c3ccc(Nc4c(C)c(=O)c4=O)cc23)CC1C. The molecule has 2 aromatic carbocycles. The highest BCUT2D eigenvalue weighted by molar-refractivity contribution is 5.87. The lowest BCUT2D eigenvalue weighted by Crippen LogP contribution is -2.52. The molecular weight excluding hydrogens is 444 g/mol. The van der Waals surface area contributed by atoms with E-state index < -0.39 is 10.9 Å². The summed E-state index contributed by atoms with van der Waals surface area (Å²) in [5.74, 6) is 1.57. The van der Waals surface area contributed by atoms with Crippen molar-refractivity contribution in [2.75, 3.05) is 43.5 Å². The molecule has 1 atom stereocenters. The average molecular weight is 475 g/mol. The molecule has 0 amide bonds. The van der Waals surface area contributed by atoms with Gasteiger partial charge in [0.15, 0.2) is 11.6 Å². The van der Waals surface area contributed by atoms with Crippen molar-refractivity contribution in [3.05, 3.63) is 68.5 Å². The minimum atomic E-state index is -0.440. The molecule has 1 fully saturated rings. The van der Waals surface area contributed by atoms with Crippen LogP contribution in [0.4, 0.5) is 17.2 Å². The number of rotatable bonds is 8. The summed E-state index contributed by atoms with van der Waals surface area (Å²) in [5, 5.41) is 4.26. The lowest BCUT2D eigenvalue weighted by atomic mass is 10.1. The van der Waals surface area contributed by atoms with Crippen molar-refractivity contribution in [1.29, 1.82) is 0 Å². The van der Waals surface area contributed by atoms with E-state index in [0.717, 1.165) is 61.4 Å². The van der Waals surface area contributed by atoms with Gasteiger partial charge in [-0.2, -0.15) is 0 Å². The summed E-state index contributed by atoms with van der Waals surface area (Å²) in [6.45, 7) is 7.76. The molecule has 1 saturated heterocycles. The molecule has 1 unspecified atom stereocenters. The number of aromatic nitrogens is 3. The van der Waals surface area contributed by atoms with Crippen molar-refractivity contribution in [2.45, 2.75) is 32.7 Å². The number of anilines is 3. The van der Waals surface area contributed by atoms with Crippen LogP contribution in [0.15, 0.2) is 46.5 Å². The highest BCUT2D eigenvalue weighted by Crippen LogP contribution is 2.28. The van der Waals surface area contributed by atoms with Gasteiger partial charge >= 0.3 is 0 Å². The molecule has 2 aromatic heterocycles. The summed E-state index contributed by atoms with van der Waals surface area (Å²) < 4.78 is 5.45. The average Bonchev–Trinajstić information content (AvgIpc) is 3.29. The van der Waals surface area contributed by atoms with E-state index in [9.17, 15) is 9.59 Å². The second kappa shape index (κ2) is 9.50. The minimum Gasteiger partial charge on any atom is -0.491 e. The Morgan fingerprint density at radius 2 is 2.09 bits per heavy atom. The van der Waals surface area contributed by atoms with Crippen LogP contribution in [0.1, 0.15) is 24.5 Å². The van der Waals surface area contributed by atoms with E-state index in [1.165, 1.54) is 5.56 Å². The Labute approximate surface area is 203 Å². The Morgan fingerprint density at radius 3 is 2.86 bits per heavy atom. The van der Waals surface area contributed by atoms with Crippen LogP contribution in [0.2, 0.25) is 0 Å². The lowest BCUT2D eigenvalue weighted by Gasteiger charge is -2.40. The number of benzene rings is 1. The number of nitrogens with one attached hydrogen (secondary N) is 2. The molecule has 0 spiro atoms. The molecule has 9 nitrogen and oxygen atoms in total. The van der Waals surface area contributed by atoms with Crippen molar-refractivity contribution >= 4 is 28.1 Å². The van der Waals surface area contributed by atoms with Crippen molar-refractivity contribution in [3.63, 3.8) is 0 Å². The van der Waals surface area contributed by atoms with E-state index in [4.69, 9.17) is 4.74 Å². The lowest BCUT2D eigenvalue weighted by molar-refractivity contribution is 0.225. The fourth-order valence-corrected chi connectivity index (χ4v) is 4.98. The Balaban J connectivity index is 1.19. The third kappa shape index (κ3) is 4.39. The van der Waals surface area contributed by atoms with Crippen LogP contribution in [-0.2, 0) is 6.42 Å². The normalized spacial score (nSPS) is 16.8. The summed E-state index contributed by atoms with van der Waals surface area (Å²) in [5.41, 5.74) is 3.19. The van der Waals surface area contributed by atoms with E-state index >= 15 is 0 Å². The third-order valence-electron chi connectivity index (χ3n) is 6.97. The smallest absolute Gasteiger partial charge is 0.249 e. The zero-order valence-electron chi connectivity index (χ0n) is 20.3. The number of H-pyrrole nitrogens is 1. The molecule has 2 N–H and O–H groups in total. The molecular formula is C26H30N6O3. The monoisotopic (exact) mass is 474 g/mol. The van der Waals surface area contributed by atoms with Crippen LogP contribution >= 0.6 is 0 Å². The maximum atomic E-state index is 11.8. The molecule has 9 heteroatoms. The largest absolute Gasteiger partial charge is 0.491 e. The van der Waals surface area contributed by atoms with Gasteiger partial charge < -0.3 is 19.9 Å². The molecule has 5 rings (SSSR count). The first kappa shape index (κ1) is 23.0. The van der Waals surface area contributed by atoms with Gasteiger partial charge in [-0.25, -0.2) is 9.97 Å². The van der Waals surface area contributed by atoms with E-state index in [-0.39, 0.29) is 0 Å². The first-order chi connectivity index (χ1) is 17.0. The molecule has 0 bridgehead atoms. The van der Waals surface area contributed by atoms with Crippen LogP contribution in [0.5, 0.6) is 5.75 Å². The van der Waals surface area contributed by atoms with Crippen LogP contribution in [0, 0.1) is 6.92 Å². The maximum absolute atomic E-state index is 11.8. The Bertz CT molecular complexity index is 1420. The highest BCUT2D eigenvalue weighted by atomic mass is 16.5. The second-order valence-corrected chi connectivity index (χ2v) is 9.22. The first-order valence-electron chi connectivity index (χ1n) is 12.0. The van der Waals surface area contributed by atoms with Gasteiger partial charge in [-0.1, -0.05) is 0 Å². The van der Waals surface area contributed by atoms with Gasteiger partial charge in [0.1, 0.15) is 6.33 Å². The second-order valence-electron chi connectivity index (χ2n) is 9.22. The van der Waals surface area contributed by atoms with Crippen molar-refractivity contribution < 1.29 is 4.74 Å². The number of piperazine rings is 1. The fourth-order valence-electron chi connectivity index (χ4n) is 4.98. The number of fused-ring (bicyclic) bond motifs is 1. The number of hydrogen-bond acceptors (Lipinski definition) is 8. The molecule has 0 aliphatic carbocycles. The third-order valence-corrected chi connectivity index (χ3v) is 6.97. The van der Waals surface area contributed by atoms with Crippen LogP contribution in [0.25, 0.3) is 10.9 Å². The Morgan fingerprint density at radius 1 is 1.23 bits per heavy atom. The first-order valence-corrected chi connectivity index (χ1v) is 12.0. The Kier molecular flexibility index (Phi) is 6.25. The molecule has 1 aliphatic heterocycles. The van der Waals surface area contributed by atoms with E-state index in [1.54, 1.807) is 26.6 Å². The molecule has 182 valence electrons. The number of hydrogen-bond donors (Lipinski definition) is 2.